The molecule has 2 unspecified atom stereocenters. The highest BCUT2D eigenvalue weighted by atomic mass is 32.1. The van der Waals surface area contributed by atoms with Crippen LogP contribution in [0.25, 0.3) is 0 Å². The van der Waals surface area contributed by atoms with Gasteiger partial charge in [0.05, 0.1) is 0 Å². The number of hydrogen-bond donors (Lipinski definition) is 0. The lowest BCUT2D eigenvalue weighted by atomic mass is 9.99. The maximum Gasteiger partial charge on any atom is 0.0479 e. The molecular weight excluding hydrogens is 276 g/mol. The smallest absolute Gasteiger partial charge is 0.0479 e. The monoisotopic (exact) mass is 298 g/mol. The Morgan fingerprint density at radius 3 is 2.81 bits per heavy atom. The Kier molecular flexibility index (Phi) is 3.80. The van der Waals surface area contributed by atoms with Gasteiger partial charge in [0.1, 0.15) is 0 Å². The maximum atomic E-state index is 2.71. The molecule has 0 spiro atoms. The predicted molar refractivity (Wildman–Crippen MR) is 88.5 cm³/mol. The number of hydrogen-bond acceptors (Lipinski definition) is 3. The van der Waals surface area contributed by atoms with E-state index in [1.807, 2.05) is 11.3 Å². The quantitative estimate of drug-likeness (QED) is 0.851. The average Bonchev–Trinajstić information content (AvgIpc) is 3.18. The molecule has 21 heavy (non-hydrogen) atoms. The average molecular weight is 298 g/mol. The molecule has 1 aromatic carbocycles. The van der Waals surface area contributed by atoms with Crippen molar-refractivity contribution in [3.05, 3.63) is 58.3 Å². The number of nitrogens with zero attached hydrogens (tertiary/aromatic N) is 2. The van der Waals surface area contributed by atoms with E-state index >= 15 is 0 Å². The van der Waals surface area contributed by atoms with E-state index in [4.69, 9.17) is 0 Å². The van der Waals surface area contributed by atoms with Gasteiger partial charge >= 0.3 is 0 Å². The van der Waals surface area contributed by atoms with E-state index < -0.39 is 0 Å². The fraction of sp³-hybridized carbons (Fsp3) is 0.444. The predicted octanol–water partition coefficient (Wildman–Crippen LogP) is 3.77. The molecule has 3 heteroatoms. The van der Waals surface area contributed by atoms with Gasteiger partial charge in [-0.3, -0.25) is 9.80 Å². The van der Waals surface area contributed by atoms with E-state index in [1.54, 1.807) is 0 Å². The Balaban J connectivity index is 1.60. The van der Waals surface area contributed by atoms with E-state index in [1.165, 1.54) is 43.6 Å². The van der Waals surface area contributed by atoms with E-state index in [0.717, 1.165) is 12.6 Å². The van der Waals surface area contributed by atoms with Crippen LogP contribution in [-0.2, 0) is 6.54 Å². The number of benzene rings is 1. The minimum absolute atomic E-state index is 0.542. The number of rotatable bonds is 3. The van der Waals surface area contributed by atoms with E-state index in [0.29, 0.717) is 6.04 Å². The molecule has 3 heterocycles. The normalized spacial score (nSPS) is 26.9. The molecular formula is C18H22N2S. The second-order valence-corrected chi connectivity index (χ2v) is 7.06. The van der Waals surface area contributed by atoms with Crippen LogP contribution in [0.5, 0.6) is 0 Å². The van der Waals surface area contributed by atoms with Crippen molar-refractivity contribution in [2.45, 2.75) is 31.5 Å². The third kappa shape index (κ3) is 2.78. The van der Waals surface area contributed by atoms with Crippen molar-refractivity contribution in [2.24, 2.45) is 0 Å². The van der Waals surface area contributed by atoms with Gasteiger partial charge in [-0.2, -0.15) is 11.3 Å². The van der Waals surface area contributed by atoms with Crippen LogP contribution in [0.4, 0.5) is 0 Å². The summed E-state index contributed by atoms with van der Waals surface area (Å²) in [7, 11) is 0. The van der Waals surface area contributed by atoms with Gasteiger partial charge in [-0.15, -0.1) is 0 Å². The molecule has 2 atom stereocenters. The van der Waals surface area contributed by atoms with Crippen LogP contribution in [0.2, 0.25) is 0 Å². The van der Waals surface area contributed by atoms with Gasteiger partial charge in [0.2, 0.25) is 0 Å². The first-order valence-corrected chi connectivity index (χ1v) is 8.88. The van der Waals surface area contributed by atoms with Crippen LogP contribution in [0, 0.1) is 0 Å². The van der Waals surface area contributed by atoms with Crippen LogP contribution >= 0.6 is 11.3 Å². The third-order valence-corrected chi connectivity index (χ3v) is 5.67. The Hall–Kier alpha value is -1.16. The molecule has 2 aromatic rings. The Labute approximate surface area is 131 Å². The molecule has 0 radical (unpaired) electrons. The van der Waals surface area contributed by atoms with Gasteiger partial charge in [0, 0.05) is 31.7 Å². The minimum Gasteiger partial charge on any atom is -0.297 e. The largest absolute Gasteiger partial charge is 0.297 e. The fourth-order valence-corrected chi connectivity index (χ4v) is 4.52. The molecule has 110 valence electrons. The van der Waals surface area contributed by atoms with Crippen molar-refractivity contribution in [3.63, 3.8) is 0 Å². The third-order valence-electron chi connectivity index (χ3n) is 4.94. The second-order valence-electron chi connectivity index (χ2n) is 6.28. The summed E-state index contributed by atoms with van der Waals surface area (Å²) in [5, 5.41) is 4.49. The van der Waals surface area contributed by atoms with Crippen LogP contribution in [0.1, 0.15) is 30.0 Å². The lowest BCUT2D eigenvalue weighted by molar-refractivity contribution is 0.0449. The zero-order valence-electron chi connectivity index (χ0n) is 12.3. The van der Waals surface area contributed by atoms with Gasteiger partial charge in [0.25, 0.3) is 0 Å². The Morgan fingerprint density at radius 1 is 1.10 bits per heavy atom. The molecule has 2 aliphatic heterocycles. The summed E-state index contributed by atoms with van der Waals surface area (Å²) in [4.78, 5) is 5.41. The summed E-state index contributed by atoms with van der Waals surface area (Å²) in [5.41, 5.74) is 2.94. The summed E-state index contributed by atoms with van der Waals surface area (Å²) in [6.07, 6.45) is 2.75. The molecule has 1 aromatic heterocycles. The maximum absolute atomic E-state index is 2.71. The fourth-order valence-electron chi connectivity index (χ4n) is 3.86. The van der Waals surface area contributed by atoms with Crippen molar-refractivity contribution in [1.29, 1.82) is 0 Å². The Morgan fingerprint density at radius 2 is 2.00 bits per heavy atom. The van der Waals surface area contributed by atoms with Gasteiger partial charge in [0.15, 0.2) is 0 Å². The molecule has 2 saturated heterocycles. The molecule has 0 N–H and O–H groups in total. The van der Waals surface area contributed by atoms with Crippen LogP contribution in [0.3, 0.4) is 0 Å². The number of piperazine rings is 1. The van der Waals surface area contributed by atoms with Crippen molar-refractivity contribution in [1.82, 2.24) is 9.80 Å². The highest BCUT2D eigenvalue weighted by Gasteiger charge is 2.36. The summed E-state index contributed by atoms with van der Waals surface area (Å²) >= 11 is 1.81. The SMILES string of the molecule is c1ccc(C2CN3CCCC3CN2Cc2ccsc2)cc1. The first kappa shape index (κ1) is 13.5. The first-order valence-electron chi connectivity index (χ1n) is 7.94. The number of fused-ring (bicyclic) bond motifs is 1. The van der Waals surface area contributed by atoms with Crippen molar-refractivity contribution in [3.8, 4) is 0 Å². The van der Waals surface area contributed by atoms with Gasteiger partial charge < -0.3 is 0 Å². The molecule has 0 saturated carbocycles. The van der Waals surface area contributed by atoms with Gasteiger partial charge in [-0.1, -0.05) is 30.3 Å². The summed E-state index contributed by atoms with van der Waals surface area (Å²) < 4.78 is 0. The van der Waals surface area contributed by atoms with Crippen molar-refractivity contribution < 1.29 is 0 Å². The summed E-state index contributed by atoms with van der Waals surface area (Å²) in [6.45, 7) is 4.79. The lowest BCUT2D eigenvalue weighted by Crippen LogP contribution is -2.51. The molecule has 2 nitrogen and oxygen atoms in total. The first-order chi connectivity index (χ1) is 10.4. The zero-order chi connectivity index (χ0) is 14.1. The molecule has 0 bridgehead atoms. The molecule has 0 aliphatic carbocycles. The topological polar surface area (TPSA) is 6.48 Å². The van der Waals surface area contributed by atoms with Gasteiger partial charge in [-0.05, 0) is 47.3 Å². The van der Waals surface area contributed by atoms with E-state index in [2.05, 4.69) is 57.0 Å². The highest BCUT2D eigenvalue weighted by Crippen LogP contribution is 2.33. The Bertz CT molecular complexity index is 566. The molecule has 4 rings (SSSR count). The molecule has 2 aliphatic rings. The van der Waals surface area contributed by atoms with Crippen LogP contribution in [-0.4, -0.2) is 35.5 Å². The zero-order valence-corrected chi connectivity index (χ0v) is 13.1. The highest BCUT2D eigenvalue weighted by molar-refractivity contribution is 7.07. The minimum atomic E-state index is 0.542. The van der Waals surface area contributed by atoms with Crippen LogP contribution < -0.4 is 0 Å². The van der Waals surface area contributed by atoms with Crippen LogP contribution in [0.15, 0.2) is 47.2 Å². The standard InChI is InChI=1S/C18H22N2S/c1-2-5-16(6-3-1)18-13-19-9-4-7-17(19)12-20(18)11-15-8-10-21-14-15/h1-3,5-6,8,10,14,17-18H,4,7,9,11-13H2. The van der Waals surface area contributed by atoms with E-state index in [-0.39, 0.29) is 0 Å². The number of thiophene rings is 1. The van der Waals surface area contributed by atoms with Gasteiger partial charge in [-0.25, -0.2) is 0 Å². The second kappa shape index (κ2) is 5.91. The lowest BCUT2D eigenvalue weighted by Gasteiger charge is -2.44. The molecule has 2 fully saturated rings. The summed E-state index contributed by atoms with van der Waals surface area (Å²) in [6, 6.07) is 14.7. The van der Waals surface area contributed by atoms with Crippen molar-refractivity contribution in [2.75, 3.05) is 19.6 Å². The summed E-state index contributed by atoms with van der Waals surface area (Å²) in [5.74, 6) is 0. The van der Waals surface area contributed by atoms with E-state index in [9.17, 15) is 0 Å². The molecule has 0 amide bonds. The van der Waals surface area contributed by atoms with Crippen molar-refractivity contribution >= 4 is 11.3 Å².